The van der Waals surface area contributed by atoms with Crippen molar-refractivity contribution in [3.8, 4) is 0 Å². The summed E-state index contributed by atoms with van der Waals surface area (Å²) in [7, 11) is 0. The van der Waals surface area contributed by atoms with Crippen LogP contribution < -0.4 is 4.90 Å². The van der Waals surface area contributed by atoms with Gasteiger partial charge in [0.1, 0.15) is 12.4 Å². The lowest BCUT2D eigenvalue weighted by Gasteiger charge is -2.16. The van der Waals surface area contributed by atoms with Gasteiger partial charge < -0.3 is 10.0 Å². The highest BCUT2D eigenvalue weighted by molar-refractivity contribution is 7.09. The maximum atomic E-state index is 10.6. The van der Waals surface area contributed by atoms with Gasteiger partial charge in [0.2, 0.25) is 5.13 Å². The Morgan fingerprint density at radius 3 is 2.93 bits per heavy atom. The van der Waals surface area contributed by atoms with E-state index in [9.17, 15) is 4.79 Å². The molecule has 0 aliphatic rings. The molecule has 0 bridgehead atoms. The highest BCUT2D eigenvalue weighted by Crippen LogP contribution is 2.17. The Hall–Kier alpha value is -1.43. The average molecular weight is 227 g/mol. The highest BCUT2D eigenvalue weighted by atomic mass is 32.1. The van der Waals surface area contributed by atoms with Gasteiger partial charge in [0, 0.05) is 24.5 Å². The van der Waals surface area contributed by atoms with E-state index in [1.54, 1.807) is 11.0 Å². The highest BCUT2D eigenvalue weighted by Gasteiger charge is 2.13. The molecule has 0 amide bonds. The van der Waals surface area contributed by atoms with Gasteiger partial charge in [-0.05, 0) is 0 Å². The molecule has 1 N–H and O–H groups in total. The van der Waals surface area contributed by atoms with Gasteiger partial charge in [-0.3, -0.25) is 4.79 Å². The Kier molecular flexibility index (Phi) is 4.23. The molecule has 1 aromatic rings. The molecule has 1 aromatic heterocycles. The molecule has 0 saturated carbocycles. The van der Waals surface area contributed by atoms with E-state index in [1.807, 2.05) is 6.92 Å². The van der Waals surface area contributed by atoms with Crippen LogP contribution in [-0.4, -0.2) is 33.5 Å². The number of aliphatic carboxylic acids is 1. The minimum atomic E-state index is -0.884. The molecule has 6 heteroatoms. The number of nitrogens with zero attached hydrogens (tertiary/aromatic N) is 3. The van der Waals surface area contributed by atoms with Crippen molar-refractivity contribution in [3.05, 3.63) is 18.5 Å². The van der Waals surface area contributed by atoms with Gasteiger partial charge in [0.15, 0.2) is 0 Å². The van der Waals surface area contributed by atoms with Gasteiger partial charge in [-0.2, -0.15) is 4.37 Å². The summed E-state index contributed by atoms with van der Waals surface area (Å²) in [4.78, 5) is 16.5. The molecule has 0 aliphatic carbocycles. The lowest BCUT2D eigenvalue weighted by molar-refractivity contribution is -0.135. The van der Waals surface area contributed by atoms with E-state index in [-0.39, 0.29) is 6.54 Å². The number of carboxylic acid groups (broad SMARTS) is 1. The average Bonchev–Trinajstić information content (AvgIpc) is 2.64. The number of rotatable bonds is 6. The summed E-state index contributed by atoms with van der Waals surface area (Å²) in [6, 6.07) is 0. The molecule has 1 rings (SSSR count). The third-order valence-electron chi connectivity index (χ3n) is 1.72. The molecule has 1 heterocycles. The van der Waals surface area contributed by atoms with Crippen LogP contribution in [0.15, 0.2) is 12.7 Å². The molecule has 0 aromatic carbocycles. The third-order valence-corrected chi connectivity index (χ3v) is 2.53. The van der Waals surface area contributed by atoms with Gasteiger partial charge >= 0.3 is 5.97 Å². The Bertz CT molecular complexity index is 351. The third kappa shape index (κ3) is 3.32. The van der Waals surface area contributed by atoms with E-state index in [0.29, 0.717) is 11.7 Å². The van der Waals surface area contributed by atoms with Gasteiger partial charge in [0.05, 0.1) is 0 Å². The minimum Gasteiger partial charge on any atom is -0.480 e. The Balaban J connectivity index is 2.77. The van der Waals surface area contributed by atoms with Crippen LogP contribution in [0, 0.1) is 0 Å². The smallest absolute Gasteiger partial charge is 0.323 e. The van der Waals surface area contributed by atoms with Crippen molar-refractivity contribution in [1.29, 1.82) is 0 Å². The van der Waals surface area contributed by atoms with E-state index >= 15 is 0 Å². The predicted molar refractivity (Wildman–Crippen MR) is 59.3 cm³/mol. The Morgan fingerprint density at radius 2 is 2.47 bits per heavy atom. The summed E-state index contributed by atoms with van der Waals surface area (Å²) in [5.41, 5.74) is 0. The molecule has 82 valence electrons. The number of hydrogen-bond acceptors (Lipinski definition) is 5. The maximum Gasteiger partial charge on any atom is 0.323 e. The molecule has 0 saturated heterocycles. The van der Waals surface area contributed by atoms with Crippen molar-refractivity contribution in [3.63, 3.8) is 0 Å². The second kappa shape index (κ2) is 5.45. The number of aryl methyl sites for hydroxylation is 1. The monoisotopic (exact) mass is 227 g/mol. The van der Waals surface area contributed by atoms with Crippen LogP contribution in [0.3, 0.4) is 0 Å². The molecule has 0 aliphatic heterocycles. The first-order chi connectivity index (χ1) is 7.17. The summed E-state index contributed by atoms with van der Waals surface area (Å²) in [6.07, 6.45) is 2.40. The molecule has 0 spiro atoms. The summed E-state index contributed by atoms with van der Waals surface area (Å²) < 4.78 is 4.11. The lowest BCUT2D eigenvalue weighted by Crippen LogP contribution is -2.29. The van der Waals surface area contributed by atoms with Crippen LogP contribution in [0.25, 0.3) is 0 Å². The van der Waals surface area contributed by atoms with Crippen LogP contribution in [0.4, 0.5) is 5.13 Å². The Labute approximate surface area is 92.2 Å². The van der Waals surface area contributed by atoms with Crippen LogP contribution in [0.2, 0.25) is 0 Å². The molecule has 15 heavy (non-hydrogen) atoms. The van der Waals surface area contributed by atoms with E-state index in [1.165, 1.54) is 11.5 Å². The van der Waals surface area contributed by atoms with Gasteiger partial charge in [0.25, 0.3) is 0 Å². The zero-order valence-corrected chi connectivity index (χ0v) is 9.33. The second-order valence-electron chi connectivity index (χ2n) is 2.91. The maximum absolute atomic E-state index is 10.6. The molecule has 0 radical (unpaired) electrons. The van der Waals surface area contributed by atoms with E-state index in [2.05, 4.69) is 15.9 Å². The van der Waals surface area contributed by atoms with Crippen LogP contribution in [-0.2, 0) is 11.2 Å². The summed E-state index contributed by atoms with van der Waals surface area (Å²) in [5.74, 6) is -0.139. The number of aromatic nitrogens is 2. The van der Waals surface area contributed by atoms with Crippen molar-refractivity contribution in [2.75, 3.05) is 18.0 Å². The topological polar surface area (TPSA) is 66.3 Å². The minimum absolute atomic E-state index is 0.0790. The molecule has 0 atom stereocenters. The molecule has 0 unspecified atom stereocenters. The number of carbonyl (C=O) groups is 1. The molecular formula is C9H13N3O2S. The first-order valence-electron chi connectivity index (χ1n) is 4.57. The van der Waals surface area contributed by atoms with E-state index in [0.717, 1.165) is 12.2 Å². The van der Waals surface area contributed by atoms with Crippen molar-refractivity contribution >= 4 is 22.6 Å². The van der Waals surface area contributed by atoms with E-state index < -0.39 is 5.97 Å². The molecular weight excluding hydrogens is 214 g/mol. The van der Waals surface area contributed by atoms with Crippen LogP contribution in [0.1, 0.15) is 12.7 Å². The first kappa shape index (κ1) is 11.6. The fraction of sp³-hybridized carbons (Fsp3) is 0.444. The number of carboxylic acids is 1. The lowest BCUT2D eigenvalue weighted by atomic mass is 10.4. The standard InChI is InChI=1S/C9H13N3O2S/c1-3-5-12(6-8(13)14)9-10-7(4-2)11-15-9/h3H,1,4-6H2,2H3,(H,13,14). The SMILES string of the molecule is C=CCN(CC(=O)O)c1nc(CC)ns1. The quantitative estimate of drug-likeness (QED) is 0.739. The summed E-state index contributed by atoms with van der Waals surface area (Å²) >= 11 is 1.22. The second-order valence-corrected chi connectivity index (χ2v) is 3.64. The summed E-state index contributed by atoms with van der Waals surface area (Å²) in [6.45, 7) is 5.93. The van der Waals surface area contributed by atoms with Crippen LogP contribution >= 0.6 is 11.5 Å². The van der Waals surface area contributed by atoms with Gasteiger partial charge in [-0.1, -0.05) is 13.0 Å². The summed E-state index contributed by atoms with van der Waals surface area (Å²) in [5, 5.41) is 9.35. The zero-order valence-electron chi connectivity index (χ0n) is 8.51. The van der Waals surface area contributed by atoms with E-state index in [4.69, 9.17) is 5.11 Å². The Morgan fingerprint density at radius 1 is 1.73 bits per heavy atom. The number of anilines is 1. The first-order valence-corrected chi connectivity index (χ1v) is 5.35. The van der Waals surface area contributed by atoms with Crippen molar-refractivity contribution in [2.24, 2.45) is 0 Å². The largest absolute Gasteiger partial charge is 0.480 e. The molecule has 0 fully saturated rings. The van der Waals surface area contributed by atoms with Crippen LogP contribution in [0.5, 0.6) is 0 Å². The normalized spacial score (nSPS) is 9.93. The van der Waals surface area contributed by atoms with Gasteiger partial charge in [-0.15, -0.1) is 6.58 Å². The van der Waals surface area contributed by atoms with Crippen molar-refractivity contribution in [2.45, 2.75) is 13.3 Å². The van der Waals surface area contributed by atoms with Gasteiger partial charge in [-0.25, -0.2) is 4.98 Å². The van der Waals surface area contributed by atoms with Crippen molar-refractivity contribution in [1.82, 2.24) is 9.36 Å². The fourth-order valence-corrected chi connectivity index (χ4v) is 1.80. The molecule has 5 nitrogen and oxygen atoms in total. The fourth-order valence-electron chi connectivity index (χ4n) is 1.05. The predicted octanol–water partition coefficient (Wildman–Crippen LogP) is 1.18. The van der Waals surface area contributed by atoms with Crippen molar-refractivity contribution < 1.29 is 9.90 Å². The zero-order chi connectivity index (χ0) is 11.3. The number of hydrogen-bond donors (Lipinski definition) is 1.